The van der Waals surface area contributed by atoms with E-state index in [2.05, 4.69) is 5.32 Å². The number of benzene rings is 1. The van der Waals surface area contributed by atoms with Gasteiger partial charge in [-0.2, -0.15) is 0 Å². The fourth-order valence-electron chi connectivity index (χ4n) is 2.87. The van der Waals surface area contributed by atoms with Crippen molar-refractivity contribution < 1.29 is 19.1 Å². The number of carbonyl (C=O) groups is 3. The van der Waals surface area contributed by atoms with Crippen LogP contribution in [-0.4, -0.2) is 47.1 Å². The van der Waals surface area contributed by atoms with Gasteiger partial charge in [0.2, 0.25) is 5.91 Å². The largest absolute Gasteiger partial charge is 0.452 e. The van der Waals surface area contributed by atoms with Crippen LogP contribution in [0.4, 0.5) is 5.69 Å². The van der Waals surface area contributed by atoms with E-state index in [4.69, 9.17) is 4.74 Å². The van der Waals surface area contributed by atoms with Crippen LogP contribution < -0.4 is 5.32 Å². The van der Waals surface area contributed by atoms with Gasteiger partial charge in [-0.05, 0) is 31.9 Å². The second kappa shape index (κ2) is 7.25. The average molecular weight is 348 g/mol. The lowest BCUT2D eigenvalue weighted by molar-refractivity contribution is -0.158. The van der Waals surface area contributed by atoms with E-state index in [0.29, 0.717) is 0 Å². The fraction of sp³-hybridized carbons (Fsp3) is 0.471. The van der Waals surface area contributed by atoms with Gasteiger partial charge in [0.05, 0.1) is 17.4 Å². The van der Waals surface area contributed by atoms with Crippen LogP contribution in [0.2, 0.25) is 0 Å². The third-order valence-electron chi connectivity index (χ3n) is 4.13. The van der Waals surface area contributed by atoms with Gasteiger partial charge in [-0.1, -0.05) is 12.1 Å². The monoisotopic (exact) mass is 348 g/mol. The van der Waals surface area contributed by atoms with E-state index in [-0.39, 0.29) is 18.2 Å². The quantitative estimate of drug-likeness (QED) is 0.843. The molecule has 2 amide bonds. The molecule has 0 saturated carbocycles. The number of carbonyl (C=O) groups excluding carboxylic acids is 3. The highest BCUT2D eigenvalue weighted by Crippen LogP contribution is 2.36. The van der Waals surface area contributed by atoms with Gasteiger partial charge in [-0.3, -0.25) is 14.4 Å². The zero-order chi connectivity index (χ0) is 17.1. The summed E-state index contributed by atoms with van der Waals surface area (Å²) in [4.78, 5) is 39.0. The third-order valence-corrected chi connectivity index (χ3v) is 5.41. The first-order chi connectivity index (χ1) is 11.5. The van der Waals surface area contributed by atoms with E-state index in [1.807, 2.05) is 24.3 Å². The Bertz CT molecular complexity index is 658. The zero-order valence-corrected chi connectivity index (χ0v) is 14.3. The Labute approximate surface area is 144 Å². The second-order valence-corrected chi connectivity index (χ2v) is 7.21. The number of hydrogen-bond donors (Lipinski definition) is 1. The van der Waals surface area contributed by atoms with Crippen molar-refractivity contribution in [3.05, 3.63) is 24.3 Å². The molecule has 1 saturated heterocycles. The van der Waals surface area contributed by atoms with Gasteiger partial charge in [0.25, 0.3) is 5.91 Å². The molecule has 7 heteroatoms. The van der Waals surface area contributed by atoms with Crippen molar-refractivity contribution in [1.82, 2.24) is 4.90 Å². The maximum Gasteiger partial charge on any atom is 0.308 e. The Kier molecular flexibility index (Phi) is 5.08. The van der Waals surface area contributed by atoms with Gasteiger partial charge >= 0.3 is 5.97 Å². The molecule has 1 aromatic carbocycles. The van der Waals surface area contributed by atoms with Crippen LogP contribution in [0.1, 0.15) is 26.2 Å². The molecule has 2 atom stereocenters. The number of likely N-dealkylation sites (tertiary alicyclic amines) is 1. The van der Waals surface area contributed by atoms with Crippen molar-refractivity contribution in [3.8, 4) is 0 Å². The number of amides is 2. The van der Waals surface area contributed by atoms with Crippen LogP contribution in [0.3, 0.4) is 0 Å². The van der Waals surface area contributed by atoms with E-state index in [9.17, 15) is 14.4 Å². The number of esters is 1. The van der Waals surface area contributed by atoms with E-state index >= 15 is 0 Å². The number of para-hydroxylation sites is 1. The molecule has 6 nitrogen and oxygen atoms in total. The van der Waals surface area contributed by atoms with Gasteiger partial charge in [-0.25, -0.2) is 0 Å². The van der Waals surface area contributed by atoms with Gasteiger partial charge in [0.1, 0.15) is 0 Å². The Balaban J connectivity index is 1.55. The summed E-state index contributed by atoms with van der Waals surface area (Å²) in [5.41, 5.74) is 0.759. The van der Waals surface area contributed by atoms with Gasteiger partial charge < -0.3 is 15.0 Å². The van der Waals surface area contributed by atoms with Crippen molar-refractivity contribution in [2.45, 2.75) is 42.4 Å². The molecule has 128 valence electrons. The molecule has 24 heavy (non-hydrogen) atoms. The molecule has 0 radical (unpaired) electrons. The lowest BCUT2D eigenvalue weighted by Crippen LogP contribution is -2.39. The number of fused-ring (bicyclic) bond motifs is 1. The summed E-state index contributed by atoms with van der Waals surface area (Å²) in [6, 6.07) is 7.46. The molecule has 0 spiro atoms. The van der Waals surface area contributed by atoms with Crippen molar-refractivity contribution in [2.24, 2.45) is 0 Å². The molecule has 0 aliphatic carbocycles. The minimum absolute atomic E-state index is 0.0531. The smallest absolute Gasteiger partial charge is 0.308 e. The highest BCUT2D eigenvalue weighted by Gasteiger charge is 2.31. The Hall–Kier alpha value is -2.02. The molecule has 2 heterocycles. The summed E-state index contributed by atoms with van der Waals surface area (Å²) in [5.74, 6) is -0.900. The summed E-state index contributed by atoms with van der Waals surface area (Å²) < 4.78 is 5.24. The number of anilines is 1. The Morgan fingerprint density at radius 2 is 2.04 bits per heavy atom. The lowest BCUT2D eigenvalue weighted by atomic mass is 10.2. The van der Waals surface area contributed by atoms with E-state index in [0.717, 1.165) is 36.5 Å². The van der Waals surface area contributed by atoms with Gasteiger partial charge in [0, 0.05) is 18.0 Å². The highest BCUT2D eigenvalue weighted by atomic mass is 32.2. The summed E-state index contributed by atoms with van der Waals surface area (Å²) in [5, 5.41) is 2.25. The van der Waals surface area contributed by atoms with Crippen LogP contribution in [0.15, 0.2) is 29.2 Å². The van der Waals surface area contributed by atoms with E-state index in [1.54, 1.807) is 11.8 Å². The van der Waals surface area contributed by atoms with Crippen LogP contribution in [0.25, 0.3) is 0 Å². The molecule has 2 aliphatic heterocycles. The minimum atomic E-state index is -0.806. The van der Waals surface area contributed by atoms with E-state index < -0.39 is 17.3 Å². The first kappa shape index (κ1) is 16.8. The molecular formula is C17H20N2O4S. The highest BCUT2D eigenvalue weighted by molar-refractivity contribution is 8.01. The maximum atomic E-state index is 12.2. The van der Waals surface area contributed by atoms with Crippen LogP contribution in [0, 0.1) is 0 Å². The number of rotatable bonds is 4. The summed E-state index contributed by atoms with van der Waals surface area (Å²) in [7, 11) is 0. The number of nitrogens with zero attached hydrogens (tertiary/aromatic N) is 1. The molecule has 2 aliphatic rings. The number of ether oxygens (including phenoxy) is 1. The number of thioether (sulfide) groups is 1. The van der Waals surface area contributed by atoms with Crippen molar-refractivity contribution in [1.29, 1.82) is 0 Å². The predicted molar refractivity (Wildman–Crippen MR) is 90.7 cm³/mol. The summed E-state index contributed by atoms with van der Waals surface area (Å²) in [6.45, 7) is 3.03. The fourth-order valence-corrected chi connectivity index (χ4v) is 3.96. The van der Waals surface area contributed by atoms with Gasteiger partial charge in [-0.15, -0.1) is 11.8 Å². The van der Waals surface area contributed by atoms with Crippen molar-refractivity contribution in [2.75, 3.05) is 18.4 Å². The molecule has 0 unspecified atom stereocenters. The molecule has 0 bridgehead atoms. The average Bonchev–Trinajstić information content (AvgIpc) is 3.09. The molecule has 0 aromatic heterocycles. The predicted octanol–water partition coefficient (Wildman–Crippen LogP) is 2.04. The van der Waals surface area contributed by atoms with Crippen LogP contribution >= 0.6 is 11.8 Å². The van der Waals surface area contributed by atoms with Crippen molar-refractivity contribution >= 4 is 35.2 Å². The number of hydrogen-bond acceptors (Lipinski definition) is 5. The minimum Gasteiger partial charge on any atom is -0.452 e. The molecular weight excluding hydrogens is 328 g/mol. The Morgan fingerprint density at radius 3 is 2.79 bits per heavy atom. The topological polar surface area (TPSA) is 75.7 Å². The SMILES string of the molecule is C[C@@H](OC(=O)C[C@H]1Sc2ccccc2NC1=O)C(=O)N1CCCC1. The molecule has 1 aromatic rings. The molecule has 1 fully saturated rings. The number of nitrogens with one attached hydrogen (secondary N) is 1. The first-order valence-electron chi connectivity index (χ1n) is 8.09. The maximum absolute atomic E-state index is 12.2. The standard InChI is InChI=1S/C17H20N2O4S/c1-11(17(22)19-8-4-5-9-19)23-15(20)10-14-16(21)18-12-6-2-3-7-13(12)24-14/h2-3,6-7,11,14H,4-5,8-10H2,1H3,(H,18,21)/t11-,14-/m1/s1. The first-order valence-corrected chi connectivity index (χ1v) is 8.97. The molecule has 1 N–H and O–H groups in total. The summed E-state index contributed by atoms with van der Waals surface area (Å²) in [6.07, 6.45) is 1.12. The third kappa shape index (κ3) is 3.72. The van der Waals surface area contributed by atoms with Crippen LogP contribution in [0.5, 0.6) is 0 Å². The zero-order valence-electron chi connectivity index (χ0n) is 13.5. The molecule has 3 rings (SSSR count). The van der Waals surface area contributed by atoms with Crippen molar-refractivity contribution in [3.63, 3.8) is 0 Å². The van der Waals surface area contributed by atoms with Gasteiger partial charge in [0.15, 0.2) is 6.10 Å². The summed E-state index contributed by atoms with van der Waals surface area (Å²) >= 11 is 1.35. The van der Waals surface area contributed by atoms with Crippen LogP contribution in [-0.2, 0) is 19.1 Å². The second-order valence-electron chi connectivity index (χ2n) is 5.96. The Morgan fingerprint density at radius 1 is 1.33 bits per heavy atom. The normalized spacial score (nSPS) is 21.0. The lowest BCUT2D eigenvalue weighted by Gasteiger charge is -2.24. The van der Waals surface area contributed by atoms with E-state index in [1.165, 1.54) is 11.8 Å².